The number of rotatable bonds is 3. The SMILES string of the molecule is CC1COC(=O)N(CC(N)CO)C1. The van der Waals surface area contributed by atoms with Crippen LogP contribution in [0.5, 0.6) is 0 Å². The molecular formula is C8H16N2O3. The molecule has 0 bridgehead atoms. The average molecular weight is 188 g/mol. The Bertz CT molecular complexity index is 186. The smallest absolute Gasteiger partial charge is 0.409 e. The highest BCUT2D eigenvalue weighted by molar-refractivity contribution is 5.68. The lowest BCUT2D eigenvalue weighted by Crippen LogP contribution is -2.48. The van der Waals surface area contributed by atoms with Crippen LogP contribution in [-0.2, 0) is 4.74 Å². The van der Waals surface area contributed by atoms with Gasteiger partial charge in [0.1, 0.15) is 0 Å². The van der Waals surface area contributed by atoms with Crippen LogP contribution in [0.25, 0.3) is 0 Å². The maximum absolute atomic E-state index is 11.2. The third kappa shape index (κ3) is 2.86. The van der Waals surface area contributed by atoms with Crippen molar-refractivity contribution in [2.24, 2.45) is 11.7 Å². The molecule has 1 amide bonds. The maximum Gasteiger partial charge on any atom is 0.409 e. The fourth-order valence-electron chi connectivity index (χ4n) is 1.30. The van der Waals surface area contributed by atoms with E-state index in [0.29, 0.717) is 25.6 Å². The maximum atomic E-state index is 11.2. The lowest BCUT2D eigenvalue weighted by atomic mass is 10.1. The molecule has 0 aliphatic carbocycles. The van der Waals surface area contributed by atoms with Crippen LogP contribution in [-0.4, -0.2) is 48.4 Å². The van der Waals surface area contributed by atoms with E-state index >= 15 is 0 Å². The van der Waals surface area contributed by atoms with Gasteiger partial charge in [0.05, 0.1) is 13.2 Å². The second-order valence-corrected chi connectivity index (χ2v) is 3.53. The first-order valence-corrected chi connectivity index (χ1v) is 4.41. The third-order valence-electron chi connectivity index (χ3n) is 1.97. The van der Waals surface area contributed by atoms with Gasteiger partial charge in [0.15, 0.2) is 0 Å². The van der Waals surface area contributed by atoms with E-state index in [0.717, 1.165) is 0 Å². The van der Waals surface area contributed by atoms with Crippen LogP contribution in [0.2, 0.25) is 0 Å². The van der Waals surface area contributed by atoms with Gasteiger partial charge in [-0.15, -0.1) is 0 Å². The standard InChI is InChI=1S/C8H16N2O3/c1-6-2-10(3-7(9)4-11)8(12)13-5-6/h6-7,11H,2-5,9H2,1H3. The third-order valence-corrected chi connectivity index (χ3v) is 1.97. The molecule has 0 spiro atoms. The predicted octanol–water partition coefficient (Wildman–Crippen LogP) is -0.606. The molecule has 13 heavy (non-hydrogen) atoms. The molecule has 1 aliphatic heterocycles. The minimum atomic E-state index is -0.377. The van der Waals surface area contributed by atoms with E-state index in [-0.39, 0.29) is 18.7 Å². The Kier molecular flexibility index (Phi) is 3.50. The number of hydrogen-bond acceptors (Lipinski definition) is 4. The summed E-state index contributed by atoms with van der Waals surface area (Å²) in [5.41, 5.74) is 5.51. The Morgan fingerprint density at radius 3 is 3.15 bits per heavy atom. The van der Waals surface area contributed by atoms with Gasteiger partial charge >= 0.3 is 6.09 Å². The molecule has 0 aromatic carbocycles. The number of cyclic esters (lactones) is 1. The Morgan fingerprint density at radius 2 is 2.54 bits per heavy atom. The number of aliphatic hydroxyl groups is 1. The van der Waals surface area contributed by atoms with Crippen molar-refractivity contribution in [2.75, 3.05) is 26.3 Å². The molecular weight excluding hydrogens is 172 g/mol. The van der Waals surface area contributed by atoms with E-state index in [1.54, 1.807) is 0 Å². The van der Waals surface area contributed by atoms with Gasteiger partial charge in [0, 0.05) is 25.0 Å². The molecule has 1 rings (SSSR count). The van der Waals surface area contributed by atoms with E-state index in [9.17, 15) is 4.79 Å². The number of ether oxygens (including phenoxy) is 1. The van der Waals surface area contributed by atoms with Crippen molar-refractivity contribution in [1.82, 2.24) is 4.90 Å². The molecule has 1 saturated heterocycles. The Hall–Kier alpha value is -0.810. The van der Waals surface area contributed by atoms with Crippen molar-refractivity contribution >= 4 is 6.09 Å². The lowest BCUT2D eigenvalue weighted by Gasteiger charge is -2.31. The molecule has 0 radical (unpaired) electrons. The predicted molar refractivity (Wildman–Crippen MR) is 47.1 cm³/mol. The number of aliphatic hydroxyl groups excluding tert-OH is 1. The zero-order chi connectivity index (χ0) is 9.84. The van der Waals surface area contributed by atoms with Crippen LogP contribution in [0, 0.1) is 5.92 Å². The highest BCUT2D eigenvalue weighted by atomic mass is 16.6. The van der Waals surface area contributed by atoms with Gasteiger partial charge < -0.3 is 20.5 Å². The number of carbonyl (C=O) groups excluding carboxylic acids is 1. The van der Waals surface area contributed by atoms with E-state index in [4.69, 9.17) is 15.6 Å². The Balaban J connectivity index is 2.42. The van der Waals surface area contributed by atoms with Crippen LogP contribution in [0.3, 0.4) is 0 Å². The molecule has 3 N–H and O–H groups in total. The summed E-state index contributed by atoms with van der Waals surface area (Å²) >= 11 is 0. The van der Waals surface area contributed by atoms with Gasteiger partial charge in [-0.25, -0.2) is 4.79 Å². The van der Waals surface area contributed by atoms with Crippen molar-refractivity contribution in [3.05, 3.63) is 0 Å². The number of amides is 1. The number of nitrogens with zero attached hydrogens (tertiary/aromatic N) is 1. The zero-order valence-electron chi connectivity index (χ0n) is 7.77. The number of nitrogens with two attached hydrogens (primary N) is 1. The highest BCUT2D eigenvalue weighted by Crippen LogP contribution is 2.10. The summed E-state index contributed by atoms with van der Waals surface area (Å²) in [7, 11) is 0. The normalized spacial score (nSPS) is 25.6. The lowest BCUT2D eigenvalue weighted by molar-refractivity contribution is 0.0434. The van der Waals surface area contributed by atoms with E-state index in [1.165, 1.54) is 4.90 Å². The van der Waals surface area contributed by atoms with Crippen LogP contribution in [0.4, 0.5) is 4.79 Å². The number of carbonyl (C=O) groups is 1. The monoisotopic (exact) mass is 188 g/mol. The van der Waals surface area contributed by atoms with Crippen molar-refractivity contribution in [3.63, 3.8) is 0 Å². The largest absolute Gasteiger partial charge is 0.449 e. The first kappa shape index (κ1) is 10.3. The molecule has 0 aromatic rings. The summed E-state index contributed by atoms with van der Waals surface area (Å²) in [6.07, 6.45) is -0.331. The van der Waals surface area contributed by atoms with E-state index in [2.05, 4.69) is 0 Å². The molecule has 0 saturated carbocycles. The average Bonchev–Trinajstić information content (AvgIpc) is 2.11. The van der Waals surface area contributed by atoms with Gasteiger partial charge in [0.25, 0.3) is 0 Å². The first-order valence-electron chi connectivity index (χ1n) is 4.41. The van der Waals surface area contributed by atoms with Crippen LogP contribution >= 0.6 is 0 Å². The molecule has 1 aliphatic rings. The number of hydrogen-bond donors (Lipinski definition) is 2. The molecule has 2 atom stereocenters. The van der Waals surface area contributed by atoms with Gasteiger partial charge in [-0.1, -0.05) is 6.92 Å². The molecule has 1 fully saturated rings. The molecule has 1 heterocycles. The summed E-state index contributed by atoms with van der Waals surface area (Å²) < 4.78 is 4.90. The fourth-order valence-corrected chi connectivity index (χ4v) is 1.30. The molecule has 76 valence electrons. The summed E-state index contributed by atoms with van der Waals surface area (Å²) in [5, 5.41) is 8.71. The van der Waals surface area contributed by atoms with Gasteiger partial charge in [-0.3, -0.25) is 0 Å². The minimum absolute atomic E-state index is 0.113. The van der Waals surface area contributed by atoms with Crippen molar-refractivity contribution in [2.45, 2.75) is 13.0 Å². The van der Waals surface area contributed by atoms with E-state index < -0.39 is 0 Å². The fraction of sp³-hybridized carbons (Fsp3) is 0.875. The zero-order valence-corrected chi connectivity index (χ0v) is 7.77. The van der Waals surface area contributed by atoms with E-state index in [1.807, 2.05) is 6.92 Å². The van der Waals surface area contributed by atoms with Crippen molar-refractivity contribution in [3.8, 4) is 0 Å². The molecule has 5 heteroatoms. The highest BCUT2D eigenvalue weighted by Gasteiger charge is 2.25. The molecule has 2 unspecified atom stereocenters. The summed E-state index contributed by atoms with van der Waals surface area (Å²) in [4.78, 5) is 12.7. The van der Waals surface area contributed by atoms with Crippen LogP contribution in [0.1, 0.15) is 6.92 Å². The quantitative estimate of drug-likeness (QED) is 0.619. The minimum Gasteiger partial charge on any atom is -0.449 e. The summed E-state index contributed by atoms with van der Waals surface area (Å²) in [6.45, 7) is 3.39. The van der Waals surface area contributed by atoms with Gasteiger partial charge in [-0.2, -0.15) is 0 Å². The molecule has 5 nitrogen and oxygen atoms in total. The Morgan fingerprint density at radius 1 is 1.85 bits per heavy atom. The summed E-state index contributed by atoms with van der Waals surface area (Å²) in [5.74, 6) is 0.337. The topological polar surface area (TPSA) is 75.8 Å². The molecule has 0 aromatic heterocycles. The second kappa shape index (κ2) is 4.43. The van der Waals surface area contributed by atoms with Gasteiger partial charge in [0.2, 0.25) is 0 Å². The van der Waals surface area contributed by atoms with Crippen molar-refractivity contribution < 1.29 is 14.6 Å². The summed E-state index contributed by atoms with van der Waals surface area (Å²) in [6, 6.07) is -0.377. The van der Waals surface area contributed by atoms with Gasteiger partial charge in [-0.05, 0) is 0 Å². The Labute approximate surface area is 77.5 Å². The van der Waals surface area contributed by atoms with Crippen LogP contribution < -0.4 is 5.73 Å². The first-order chi connectivity index (χ1) is 6.13. The second-order valence-electron chi connectivity index (χ2n) is 3.53. The van der Waals surface area contributed by atoms with Crippen molar-refractivity contribution in [1.29, 1.82) is 0 Å². The van der Waals surface area contributed by atoms with Crippen LogP contribution in [0.15, 0.2) is 0 Å².